The molecule has 1 unspecified atom stereocenters. The molecule has 3 amide bonds. The van der Waals surface area contributed by atoms with Crippen molar-refractivity contribution in [2.24, 2.45) is 7.05 Å². The Balaban J connectivity index is 0.701. The lowest BCUT2D eigenvalue weighted by atomic mass is 9.91. The quantitative estimate of drug-likeness (QED) is 0.120. The number of imide groups is 1. The van der Waals surface area contributed by atoms with Crippen molar-refractivity contribution >= 4 is 45.2 Å². The van der Waals surface area contributed by atoms with Crippen molar-refractivity contribution < 1.29 is 41.8 Å². The Bertz CT molecular complexity index is 2880. The van der Waals surface area contributed by atoms with Crippen LogP contribution in [0.5, 0.6) is 11.6 Å². The summed E-state index contributed by atoms with van der Waals surface area (Å²) < 4.78 is 63.0. The average molecular weight is 870 g/mol. The fourth-order valence-corrected chi connectivity index (χ4v) is 9.13. The smallest absolute Gasteiger partial charge is 0.419 e. The molecule has 64 heavy (non-hydrogen) atoms. The van der Waals surface area contributed by atoms with E-state index < -0.39 is 23.7 Å². The molecular formula is C48H42F3N7O6. The number of aryl methyl sites for hydroxylation is 1. The molecule has 1 saturated carbocycles. The van der Waals surface area contributed by atoms with E-state index in [2.05, 4.69) is 61.9 Å². The number of fused-ring (bicyclic) bond motifs is 4. The second-order valence-electron chi connectivity index (χ2n) is 16.6. The molecule has 16 heteroatoms. The number of alkyl halides is 3. The molecular weight excluding hydrogens is 828 g/mol. The number of nitrogens with zero attached hydrogens (tertiary/aromatic N) is 6. The highest BCUT2D eigenvalue weighted by Gasteiger charge is 2.40. The van der Waals surface area contributed by atoms with Crippen molar-refractivity contribution in [3.63, 3.8) is 0 Å². The number of amides is 3. The molecule has 13 nitrogen and oxygen atoms in total. The highest BCUT2D eigenvalue weighted by molar-refractivity contribution is 6.08. The van der Waals surface area contributed by atoms with Crippen LogP contribution in [0.25, 0.3) is 32.9 Å². The molecule has 0 radical (unpaired) electrons. The van der Waals surface area contributed by atoms with Crippen molar-refractivity contribution in [2.45, 2.75) is 75.6 Å². The molecule has 6 aromatic rings. The van der Waals surface area contributed by atoms with Crippen LogP contribution < -0.4 is 19.7 Å². The molecule has 0 bridgehead atoms. The summed E-state index contributed by atoms with van der Waals surface area (Å²) in [5.74, 6) is 5.50. The molecule has 10 rings (SSSR count). The lowest BCUT2D eigenvalue weighted by molar-refractivity contribution is -0.138. The Kier molecular flexibility index (Phi) is 10.7. The van der Waals surface area contributed by atoms with E-state index in [0.29, 0.717) is 61.5 Å². The van der Waals surface area contributed by atoms with Crippen LogP contribution in [-0.4, -0.2) is 86.2 Å². The fourth-order valence-electron chi connectivity index (χ4n) is 9.13. The van der Waals surface area contributed by atoms with Crippen LogP contribution in [0.2, 0.25) is 0 Å². The molecule has 2 saturated heterocycles. The van der Waals surface area contributed by atoms with Gasteiger partial charge in [0.1, 0.15) is 30.2 Å². The van der Waals surface area contributed by atoms with Gasteiger partial charge in [0.2, 0.25) is 17.7 Å². The predicted molar refractivity (Wildman–Crippen MR) is 229 cm³/mol. The molecule has 7 heterocycles. The molecule has 1 atom stereocenters. The number of hydrogen-bond acceptors (Lipinski definition) is 10. The van der Waals surface area contributed by atoms with Gasteiger partial charge in [0.15, 0.2) is 0 Å². The van der Waals surface area contributed by atoms with Gasteiger partial charge in [-0.15, -0.1) is 0 Å². The van der Waals surface area contributed by atoms with E-state index in [1.165, 1.54) is 11.0 Å². The molecule has 1 aliphatic carbocycles. The number of carbonyl (C=O) groups excluding carboxylic acids is 3. The zero-order valence-corrected chi connectivity index (χ0v) is 34.7. The first-order chi connectivity index (χ1) is 30.9. The third-order valence-electron chi connectivity index (χ3n) is 12.6. The number of aromatic nitrogens is 4. The minimum absolute atomic E-state index is 0.00568. The molecule has 4 aromatic heterocycles. The molecule has 1 N–H and O–H groups in total. The van der Waals surface area contributed by atoms with Gasteiger partial charge in [0.25, 0.3) is 5.91 Å². The minimum Gasteiger partial charge on any atom is -0.481 e. The number of hydrogen-bond donors (Lipinski definition) is 1. The second kappa shape index (κ2) is 16.6. The summed E-state index contributed by atoms with van der Waals surface area (Å²) in [6.07, 6.45) is 4.61. The molecule has 3 fully saturated rings. The Labute approximate surface area is 365 Å². The van der Waals surface area contributed by atoms with Crippen molar-refractivity contribution in [1.82, 2.24) is 29.7 Å². The number of anilines is 1. The van der Waals surface area contributed by atoms with Gasteiger partial charge in [-0.1, -0.05) is 18.1 Å². The summed E-state index contributed by atoms with van der Waals surface area (Å²) in [5, 5.41) is 4.56. The molecule has 326 valence electrons. The van der Waals surface area contributed by atoms with E-state index >= 15 is 0 Å². The summed E-state index contributed by atoms with van der Waals surface area (Å²) >= 11 is 0. The van der Waals surface area contributed by atoms with Gasteiger partial charge in [-0.05, 0) is 78.8 Å². The monoisotopic (exact) mass is 869 g/mol. The topological polar surface area (TPSA) is 141 Å². The molecule has 2 aromatic carbocycles. The first-order valence-electron chi connectivity index (χ1n) is 21.3. The van der Waals surface area contributed by atoms with E-state index in [4.69, 9.17) is 14.2 Å². The maximum absolute atomic E-state index is 14.2. The van der Waals surface area contributed by atoms with Gasteiger partial charge in [-0.3, -0.25) is 24.7 Å². The van der Waals surface area contributed by atoms with E-state index in [1.54, 1.807) is 29.3 Å². The SMILES string of the molecule is Cn1c2ccncc2c2ccc(-c3ccc(OC4CC(OC5CCN(c6cc(C#CCOc7ccc8c(c7)CN(C7CCC(=O)NC7=O)C8=O)ncc6C(F)(F)F)CC5)C4)nc3)cc21. The van der Waals surface area contributed by atoms with Crippen molar-refractivity contribution in [3.05, 3.63) is 108 Å². The standard InChI is InChI=1S/C48H42F3N7O6/c1-56-40-12-15-52-25-38(40)37-7-4-28(20-42(37)56)29-5-11-45(54-24-29)64-35-22-34(23-35)63-32-13-16-57(17-14-32)43-21-31(53-26-39(43)48(49,50)51)3-2-18-62-33-6-8-36-30(19-33)27-58(47(36)61)41-9-10-44(59)55-46(41)60/h4-8,11-12,15,19-21,24-26,32,34-35,41H,9-10,13-14,16-18,22-23,27H2,1H3,(H,55,59,60). The number of nitrogens with one attached hydrogen (secondary N) is 1. The zero-order valence-electron chi connectivity index (χ0n) is 34.7. The van der Waals surface area contributed by atoms with Gasteiger partial charge in [-0.2, -0.15) is 13.2 Å². The number of pyridine rings is 3. The lowest BCUT2D eigenvalue weighted by Crippen LogP contribution is -2.52. The largest absolute Gasteiger partial charge is 0.481 e. The van der Waals surface area contributed by atoms with E-state index in [0.717, 1.165) is 39.1 Å². The third-order valence-corrected chi connectivity index (χ3v) is 12.6. The van der Waals surface area contributed by atoms with Crippen LogP contribution in [0.15, 0.2) is 85.5 Å². The maximum Gasteiger partial charge on any atom is 0.419 e. The first kappa shape index (κ1) is 41.0. The van der Waals surface area contributed by atoms with Crippen LogP contribution in [0.3, 0.4) is 0 Å². The van der Waals surface area contributed by atoms with Crippen molar-refractivity contribution in [1.29, 1.82) is 0 Å². The average Bonchev–Trinajstić information content (AvgIpc) is 3.76. The Morgan fingerprint density at radius 1 is 0.844 bits per heavy atom. The van der Waals surface area contributed by atoms with Crippen LogP contribution >= 0.6 is 0 Å². The number of ether oxygens (including phenoxy) is 3. The normalized spacial score (nSPS) is 20.2. The van der Waals surface area contributed by atoms with Crippen molar-refractivity contribution in [3.8, 4) is 34.6 Å². The number of halogens is 3. The number of carbonyl (C=O) groups is 3. The maximum atomic E-state index is 14.2. The zero-order chi connectivity index (χ0) is 44.1. The van der Waals surface area contributed by atoms with Crippen molar-refractivity contribution in [2.75, 3.05) is 24.6 Å². The molecule has 0 spiro atoms. The van der Waals surface area contributed by atoms with Gasteiger partial charge in [0, 0.05) is 104 Å². The van der Waals surface area contributed by atoms with Crippen LogP contribution in [0.1, 0.15) is 65.7 Å². The van der Waals surface area contributed by atoms with Crippen LogP contribution in [0, 0.1) is 11.8 Å². The molecule has 4 aliphatic rings. The predicted octanol–water partition coefficient (Wildman–Crippen LogP) is 6.99. The Hall–Kier alpha value is -6.99. The summed E-state index contributed by atoms with van der Waals surface area (Å²) in [5.41, 5.74) is 4.79. The summed E-state index contributed by atoms with van der Waals surface area (Å²) in [4.78, 5) is 53.0. The van der Waals surface area contributed by atoms with Gasteiger partial charge in [-0.25, -0.2) is 9.97 Å². The van der Waals surface area contributed by atoms with Crippen LogP contribution in [0.4, 0.5) is 18.9 Å². The van der Waals surface area contributed by atoms with E-state index in [-0.39, 0.29) is 67.5 Å². The van der Waals surface area contributed by atoms with Gasteiger partial charge >= 0.3 is 6.18 Å². The number of benzene rings is 2. The fraction of sp³-hybridized carbons (Fsp3) is 0.333. The Morgan fingerprint density at radius 3 is 2.45 bits per heavy atom. The van der Waals surface area contributed by atoms with Crippen LogP contribution in [-0.2, 0) is 34.1 Å². The highest BCUT2D eigenvalue weighted by Crippen LogP contribution is 2.39. The number of rotatable bonds is 9. The lowest BCUT2D eigenvalue weighted by Gasteiger charge is -2.40. The number of piperidine rings is 2. The van der Waals surface area contributed by atoms with Gasteiger partial charge in [0.05, 0.1) is 29.0 Å². The Morgan fingerprint density at radius 2 is 1.67 bits per heavy atom. The summed E-state index contributed by atoms with van der Waals surface area (Å²) in [6.45, 7) is 0.871. The summed E-state index contributed by atoms with van der Waals surface area (Å²) in [6, 6.07) is 17.9. The highest BCUT2D eigenvalue weighted by atomic mass is 19.4. The minimum atomic E-state index is -4.60. The third kappa shape index (κ3) is 8.07. The van der Waals surface area contributed by atoms with Gasteiger partial charge < -0.3 is 28.6 Å². The van der Waals surface area contributed by atoms with E-state index in [9.17, 15) is 27.6 Å². The van der Waals surface area contributed by atoms with E-state index in [1.807, 2.05) is 30.6 Å². The molecule has 3 aliphatic heterocycles. The summed E-state index contributed by atoms with van der Waals surface area (Å²) in [7, 11) is 2.05. The second-order valence-corrected chi connectivity index (χ2v) is 16.6. The first-order valence-corrected chi connectivity index (χ1v) is 21.3.